The average molecular weight is 303 g/mol. The molecule has 1 aromatic rings. The van der Waals surface area contributed by atoms with Crippen molar-refractivity contribution in [2.45, 2.75) is 12.5 Å². The molecule has 0 spiro atoms. The van der Waals surface area contributed by atoms with E-state index in [0.717, 1.165) is 0 Å². The molecule has 0 saturated heterocycles. The summed E-state index contributed by atoms with van der Waals surface area (Å²) in [6.45, 7) is 1.36. The highest BCUT2D eigenvalue weighted by Crippen LogP contribution is 2.17. The number of non-ortho nitro benzene ring substituents is 1. The predicted octanol–water partition coefficient (Wildman–Crippen LogP) is 1.68. The van der Waals surface area contributed by atoms with E-state index in [0.29, 0.717) is 5.69 Å². The van der Waals surface area contributed by atoms with Crippen LogP contribution in [0.4, 0.5) is 11.4 Å². The molecule has 1 atom stereocenters. The average Bonchev–Trinajstić information content (AvgIpc) is 2.29. The SMILES string of the molecule is CC(O)(CBr)C(=O)Nc1ccc([N+](=O)[O-])cc1. The van der Waals surface area contributed by atoms with Crippen LogP contribution in [0.25, 0.3) is 0 Å². The quantitative estimate of drug-likeness (QED) is 0.503. The van der Waals surface area contributed by atoms with Crippen LogP contribution >= 0.6 is 15.9 Å². The Hall–Kier alpha value is -1.47. The Morgan fingerprint density at radius 2 is 2.06 bits per heavy atom. The Morgan fingerprint density at radius 1 is 1.53 bits per heavy atom. The van der Waals surface area contributed by atoms with Crippen LogP contribution in [-0.4, -0.2) is 26.9 Å². The number of aliphatic hydroxyl groups is 1. The van der Waals surface area contributed by atoms with Crippen molar-refractivity contribution in [3.63, 3.8) is 0 Å². The van der Waals surface area contributed by atoms with Crippen LogP contribution in [0.2, 0.25) is 0 Å². The summed E-state index contributed by atoms with van der Waals surface area (Å²) in [7, 11) is 0. The lowest BCUT2D eigenvalue weighted by Gasteiger charge is -2.19. The third kappa shape index (κ3) is 3.50. The third-order valence-electron chi connectivity index (χ3n) is 2.09. The van der Waals surface area contributed by atoms with E-state index in [9.17, 15) is 20.0 Å². The largest absolute Gasteiger partial charge is 0.379 e. The molecule has 7 heteroatoms. The summed E-state index contributed by atoms with van der Waals surface area (Å²) in [5, 5.41) is 22.6. The summed E-state index contributed by atoms with van der Waals surface area (Å²) < 4.78 is 0. The summed E-state index contributed by atoms with van der Waals surface area (Å²) in [5.41, 5.74) is -1.20. The van der Waals surface area contributed by atoms with E-state index in [2.05, 4.69) is 21.2 Å². The number of carbonyl (C=O) groups is 1. The lowest BCUT2D eigenvalue weighted by molar-refractivity contribution is -0.384. The Labute approximate surface area is 106 Å². The van der Waals surface area contributed by atoms with Crippen LogP contribution in [0.5, 0.6) is 0 Å². The first-order chi connectivity index (χ1) is 7.86. The second-order valence-electron chi connectivity index (χ2n) is 3.67. The number of carbonyl (C=O) groups excluding carboxylic acids is 1. The van der Waals surface area contributed by atoms with Gasteiger partial charge in [-0.15, -0.1) is 0 Å². The monoisotopic (exact) mass is 302 g/mol. The van der Waals surface area contributed by atoms with E-state index in [1.54, 1.807) is 0 Å². The molecule has 0 fully saturated rings. The first kappa shape index (κ1) is 13.6. The van der Waals surface area contributed by atoms with E-state index in [1.807, 2.05) is 0 Å². The van der Waals surface area contributed by atoms with Gasteiger partial charge in [0, 0.05) is 23.2 Å². The number of hydrogen-bond acceptors (Lipinski definition) is 4. The molecule has 0 aromatic heterocycles. The minimum Gasteiger partial charge on any atom is -0.379 e. The molecule has 17 heavy (non-hydrogen) atoms. The molecule has 1 aromatic carbocycles. The van der Waals surface area contributed by atoms with Gasteiger partial charge in [-0.05, 0) is 19.1 Å². The number of halogens is 1. The number of amides is 1. The zero-order valence-electron chi connectivity index (χ0n) is 9.01. The minimum atomic E-state index is -1.53. The van der Waals surface area contributed by atoms with Crippen molar-refractivity contribution in [3.05, 3.63) is 34.4 Å². The summed E-state index contributed by atoms with van der Waals surface area (Å²) in [5.74, 6) is -0.580. The topological polar surface area (TPSA) is 92.5 Å². The smallest absolute Gasteiger partial charge is 0.269 e. The zero-order chi connectivity index (χ0) is 13.1. The molecule has 2 N–H and O–H groups in total. The van der Waals surface area contributed by atoms with E-state index < -0.39 is 16.4 Å². The summed E-state index contributed by atoms with van der Waals surface area (Å²) in [6.07, 6.45) is 0. The Balaban J connectivity index is 2.76. The van der Waals surface area contributed by atoms with Crippen LogP contribution < -0.4 is 5.32 Å². The van der Waals surface area contributed by atoms with Crippen molar-refractivity contribution in [1.82, 2.24) is 0 Å². The van der Waals surface area contributed by atoms with Gasteiger partial charge in [0.1, 0.15) is 5.60 Å². The van der Waals surface area contributed by atoms with Gasteiger partial charge in [0.2, 0.25) is 0 Å². The summed E-state index contributed by atoms with van der Waals surface area (Å²) >= 11 is 3.02. The predicted molar refractivity (Wildman–Crippen MR) is 66.1 cm³/mol. The van der Waals surface area contributed by atoms with Crippen molar-refractivity contribution >= 4 is 33.2 Å². The molecule has 0 aliphatic heterocycles. The Bertz CT molecular complexity index is 430. The van der Waals surface area contributed by atoms with Crippen LogP contribution in [0.1, 0.15) is 6.92 Å². The molecule has 92 valence electrons. The Kier molecular flexibility index (Phi) is 4.19. The molecule has 0 saturated carbocycles. The Morgan fingerprint density at radius 3 is 2.47 bits per heavy atom. The van der Waals surface area contributed by atoms with Gasteiger partial charge >= 0.3 is 0 Å². The highest BCUT2D eigenvalue weighted by molar-refractivity contribution is 9.09. The number of rotatable bonds is 4. The van der Waals surface area contributed by atoms with E-state index in [4.69, 9.17) is 0 Å². The first-order valence-electron chi connectivity index (χ1n) is 4.71. The fraction of sp³-hybridized carbons (Fsp3) is 0.300. The highest BCUT2D eigenvalue weighted by Gasteiger charge is 2.28. The molecule has 0 bridgehead atoms. The number of alkyl halides is 1. The van der Waals surface area contributed by atoms with Crippen molar-refractivity contribution < 1.29 is 14.8 Å². The van der Waals surface area contributed by atoms with Gasteiger partial charge < -0.3 is 10.4 Å². The molecule has 0 radical (unpaired) electrons. The minimum absolute atomic E-state index is 0.0600. The maximum Gasteiger partial charge on any atom is 0.269 e. The zero-order valence-corrected chi connectivity index (χ0v) is 10.6. The van der Waals surface area contributed by atoms with Gasteiger partial charge in [-0.25, -0.2) is 0 Å². The molecule has 6 nitrogen and oxygen atoms in total. The second kappa shape index (κ2) is 5.24. The van der Waals surface area contributed by atoms with Gasteiger partial charge in [0.15, 0.2) is 0 Å². The second-order valence-corrected chi connectivity index (χ2v) is 4.23. The van der Waals surface area contributed by atoms with Crippen molar-refractivity contribution in [2.24, 2.45) is 0 Å². The number of nitrogens with zero attached hydrogens (tertiary/aromatic N) is 1. The van der Waals surface area contributed by atoms with Crippen molar-refractivity contribution in [3.8, 4) is 0 Å². The number of nitro groups is 1. The molecular formula is C10H11BrN2O4. The van der Waals surface area contributed by atoms with Gasteiger partial charge in [0.25, 0.3) is 11.6 Å². The maximum atomic E-state index is 11.6. The van der Waals surface area contributed by atoms with Crippen molar-refractivity contribution in [1.29, 1.82) is 0 Å². The highest BCUT2D eigenvalue weighted by atomic mass is 79.9. The maximum absolute atomic E-state index is 11.6. The van der Waals surface area contributed by atoms with Gasteiger partial charge in [0.05, 0.1) is 4.92 Å². The number of benzene rings is 1. The molecule has 0 aliphatic rings. The van der Waals surface area contributed by atoms with Gasteiger partial charge in [-0.2, -0.15) is 0 Å². The normalized spacial score (nSPS) is 13.8. The molecular weight excluding hydrogens is 292 g/mol. The number of nitro benzene ring substituents is 1. The van der Waals surface area contributed by atoms with Crippen LogP contribution in [0.3, 0.4) is 0 Å². The number of anilines is 1. The van der Waals surface area contributed by atoms with E-state index in [-0.39, 0.29) is 11.0 Å². The standard InChI is InChI=1S/C10H11BrN2O4/c1-10(15,6-11)9(14)12-7-2-4-8(5-3-7)13(16)17/h2-5,15H,6H2,1H3,(H,12,14). The summed E-state index contributed by atoms with van der Waals surface area (Å²) in [6, 6.07) is 5.36. The lowest BCUT2D eigenvalue weighted by atomic mass is 10.1. The van der Waals surface area contributed by atoms with E-state index >= 15 is 0 Å². The fourth-order valence-electron chi connectivity index (χ4n) is 0.993. The number of nitrogens with one attached hydrogen (secondary N) is 1. The summed E-state index contributed by atoms with van der Waals surface area (Å²) in [4.78, 5) is 21.4. The van der Waals surface area contributed by atoms with Gasteiger partial charge in [-0.3, -0.25) is 14.9 Å². The van der Waals surface area contributed by atoms with Crippen molar-refractivity contribution in [2.75, 3.05) is 10.6 Å². The molecule has 1 rings (SSSR count). The van der Waals surface area contributed by atoms with Crippen LogP contribution in [0, 0.1) is 10.1 Å². The first-order valence-corrected chi connectivity index (χ1v) is 5.83. The fourth-order valence-corrected chi connectivity index (χ4v) is 1.25. The molecule has 0 heterocycles. The number of hydrogen-bond donors (Lipinski definition) is 2. The van der Waals surface area contributed by atoms with Crippen LogP contribution in [0.15, 0.2) is 24.3 Å². The molecule has 0 aliphatic carbocycles. The lowest BCUT2D eigenvalue weighted by Crippen LogP contribution is -2.41. The van der Waals surface area contributed by atoms with Crippen LogP contribution in [-0.2, 0) is 4.79 Å². The van der Waals surface area contributed by atoms with Gasteiger partial charge in [-0.1, -0.05) is 15.9 Å². The third-order valence-corrected chi connectivity index (χ3v) is 3.18. The molecule has 1 unspecified atom stereocenters. The molecule has 1 amide bonds. The van der Waals surface area contributed by atoms with E-state index in [1.165, 1.54) is 31.2 Å².